The summed E-state index contributed by atoms with van der Waals surface area (Å²) >= 11 is 0. The Morgan fingerprint density at radius 2 is 1.11 bits per heavy atom. The van der Waals surface area contributed by atoms with Crippen LogP contribution in [0.3, 0.4) is 0 Å². The minimum atomic E-state index is -1.14. The molecule has 0 radical (unpaired) electrons. The third-order valence-corrected chi connectivity index (χ3v) is 10.6. The Bertz CT molecular complexity index is 2190. The van der Waals surface area contributed by atoms with Gasteiger partial charge in [-0.05, 0) is 59.1 Å². The Morgan fingerprint density at radius 3 is 1.63 bits per heavy atom. The molecule has 4 amide bonds. The summed E-state index contributed by atoms with van der Waals surface area (Å²) < 4.78 is 15.9. The van der Waals surface area contributed by atoms with E-state index in [0.717, 1.165) is 33.4 Å². The van der Waals surface area contributed by atoms with Gasteiger partial charge in [-0.15, -0.1) is 0 Å². The molecule has 5 rings (SSSR count). The summed E-state index contributed by atoms with van der Waals surface area (Å²) in [6.07, 6.45) is 2.31. The van der Waals surface area contributed by atoms with Gasteiger partial charge in [-0.2, -0.15) is 0 Å². The molecule has 0 aromatic heterocycles. The van der Waals surface area contributed by atoms with Crippen molar-refractivity contribution in [3.63, 3.8) is 0 Å². The third-order valence-electron chi connectivity index (χ3n) is 10.6. The van der Waals surface area contributed by atoms with Crippen molar-refractivity contribution in [2.75, 3.05) is 13.7 Å². The summed E-state index contributed by atoms with van der Waals surface area (Å²) in [6.45, 7) is 6.08. The molecule has 12 heteroatoms. The normalized spacial score (nSPS) is 12.7. The average Bonchev–Trinajstić information content (AvgIpc) is 3.32. The van der Waals surface area contributed by atoms with E-state index >= 15 is 0 Å². The number of benzene rings is 5. The molecule has 0 bridgehead atoms. The Labute approximate surface area is 382 Å². The van der Waals surface area contributed by atoms with Crippen LogP contribution in [0.4, 0.5) is 4.79 Å². The number of rotatable bonds is 23. The van der Waals surface area contributed by atoms with Gasteiger partial charge in [-0.1, -0.05) is 166 Å². The van der Waals surface area contributed by atoms with Crippen molar-refractivity contribution in [2.24, 2.45) is 5.92 Å². The molecule has 0 saturated carbocycles. The van der Waals surface area contributed by atoms with Gasteiger partial charge in [0.15, 0.2) is 0 Å². The number of amides is 4. The molecule has 0 aliphatic carbocycles. The lowest BCUT2D eigenvalue weighted by Gasteiger charge is -2.37. The summed E-state index contributed by atoms with van der Waals surface area (Å²) in [5, 5.41) is 11.9. The van der Waals surface area contributed by atoms with Crippen LogP contribution in [-0.4, -0.2) is 61.6 Å². The van der Waals surface area contributed by atoms with E-state index in [9.17, 15) is 24.0 Å². The molecule has 5 aromatic rings. The SMILES string of the molecule is CCOC(=O)/C=C/[C@H](CCC(=O)NC(c1ccccc1)(c1ccccc1)c1ccccc1)NC(=O)[C@H](Cc1ccc(COC)cc1)NC(=O)[C@H](CC(C)C)NC(=O)OCc1ccccc1. The van der Waals surface area contributed by atoms with Crippen molar-refractivity contribution in [2.45, 2.75) is 83.3 Å². The van der Waals surface area contributed by atoms with Crippen molar-refractivity contribution in [1.29, 1.82) is 0 Å². The number of esters is 1. The molecule has 0 aliphatic heterocycles. The Balaban J connectivity index is 1.40. The molecule has 0 saturated heterocycles. The number of carbonyl (C=O) groups excluding carboxylic acids is 5. The first-order valence-corrected chi connectivity index (χ1v) is 22.0. The van der Waals surface area contributed by atoms with Gasteiger partial charge in [0.05, 0.1) is 13.2 Å². The highest BCUT2D eigenvalue weighted by Gasteiger charge is 2.38. The van der Waals surface area contributed by atoms with Crippen LogP contribution in [-0.2, 0) is 58.6 Å². The fraction of sp³-hybridized carbons (Fsp3) is 0.302. The zero-order valence-electron chi connectivity index (χ0n) is 37.5. The van der Waals surface area contributed by atoms with E-state index in [1.165, 1.54) is 12.2 Å². The monoisotopic (exact) mass is 880 g/mol. The topological polar surface area (TPSA) is 161 Å². The lowest BCUT2D eigenvalue weighted by Crippen LogP contribution is -2.55. The van der Waals surface area contributed by atoms with Gasteiger partial charge in [-0.3, -0.25) is 14.4 Å². The second-order valence-electron chi connectivity index (χ2n) is 16.1. The quantitative estimate of drug-likeness (QED) is 0.0295. The van der Waals surface area contributed by atoms with E-state index < -0.39 is 47.5 Å². The van der Waals surface area contributed by atoms with Crippen LogP contribution in [0.15, 0.2) is 158 Å². The van der Waals surface area contributed by atoms with Crippen LogP contribution in [0.5, 0.6) is 0 Å². The fourth-order valence-electron chi connectivity index (χ4n) is 7.49. The maximum Gasteiger partial charge on any atom is 0.408 e. The molecule has 340 valence electrons. The molecule has 0 fully saturated rings. The van der Waals surface area contributed by atoms with Gasteiger partial charge in [0.1, 0.15) is 24.2 Å². The predicted molar refractivity (Wildman–Crippen MR) is 250 cm³/mol. The second-order valence-corrected chi connectivity index (χ2v) is 16.1. The minimum absolute atomic E-state index is 0.00581. The summed E-state index contributed by atoms with van der Waals surface area (Å²) in [6, 6.07) is 42.8. The van der Waals surface area contributed by atoms with Gasteiger partial charge in [0.25, 0.3) is 0 Å². The van der Waals surface area contributed by atoms with Crippen LogP contribution in [0.2, 0.25) is 0 Å². The Morgan fingerprint density at radius 1 is 0.600 bits per heavy atom. The smallest absolute Gasteiger partial charge is 0.408 e. The van der Waals surface area contributed by atoms with Crippen molar-refractivity contribution < 1.29 is 38.2 Å². The average molecular weight is 881 g/mol. The van der Waals surface area contributed by atoms with Gasteiger partial charge >= 0.3 is 12.1 Å². The zero-order valence-corrected chi connectivity index (χ0v) is 37.5. The number of alkyl carbamates (subject to hydrolysis) is 1. The van der Waals surface area contributed by atoms with Crippen LogP contribution in [0.1, 0.15) is 73.4 Å². The molecule has 0 aliphatic rings. The van der Waals surface area contributed by atoms with Crippen molar-refractivity contribution >= 4 is 29.8 Å². The fourth-order valence-corrected chi connectivity index (χ4v) is 7.49. The summed E-state index contributed by atoms with van der Waals surface area (Å²) in [5.41, 5.74) is 3.94. The number of hydrogen-bond donors (Lipinski definition) is 4. The van der Waals surface area contributed by atoms with E-state index in [1.807, 2.05) is 159 Å². The number of ether oxygens (including phenoxy) is 3. The van der Waals surface area contributed by atoms with Crippen LogP contribution < -0.4 is 21.3 Å². The first-order valence-electron chi connectivity index (χ1n) is 22.0. The van der Waals surface area contributed by atoms with Gasteiger partial charge in [0.2, 0.25) is 17.7 Å². The Kier molecular flexibility index (Phi) is 19.1. The molecule has 5 aromatic carbocycles. The van der Waals surface area contributed by atoms with E-state index in [1.54, 1.807) is 14.0 Å². The van der Waals surface area contributed by atoms with E-state index in [4.69, 9.17) is 14.2 Å². The lowest BCUT2D eigenvalue weighted by molar-refractivity contribution is -0.137. The van der Waals surface area contributed by atoms with Gasteiger partial charge in [-0.25, -0.2) is 9.59 Å². The number of nitrogens with one attached hydrogen (secondary N) is 4. The predicted octanol–water partition coefficient (Wildman–Crippen LogP) is 7.69. The highest BCUT2D eigenvalue weighted by Crippen LogP contribution is 2.37. The number of hydrogen-bond acceptors (Lipinski definition) is 8. The molecule has 12 nitrogen and oxygen atoms in total. The first-order chi connectivity index (χ1) is 31.5. The largest absolute Gasteiger partial charge is 0.463 e. The lowest BCUT2D eigenvalue weighted by atomic mass is 9.77. The Hall–Kier alpha value is -7.05. The molecule has 0 unspecified atom stereocenters. The third kappa shape index (κ3) is 15.0. The maximum atomic E-state index is 14.5. The summed E-state index contributed by atoms with van der Waals surface area (Å²) in [7, 11) is 1.60. The van der Waals surface area contributed by atoms with Crippen molar-refractivity contribution in [3.05, 3.63) is 191 Å². The van der Waals surface area contributed by atoms with E-state index in [-0.39, 0.29) is 50.7 Å². The summed E-state index contributed by atoms with van der Waals surface area (Å²) in [4.78, 5) is 68.5. The van der Waals surface area contributed by atoms with Crippen molar-refractivity contribution in [3.8, 4) is 0 Å². The van der Waals surface area contributed by atoms with Gasteiger partial charge < -0.3 is 35.5 Å². The van der Waals surface area contributed by atoms with Crippen LogP contribution in [0, 0.1) is 5.92 Å². The van der Waals surface area contributed by atoms with E-state index in [2.05, 4.69) is 21.3 Å². The zero-order chi connectivity index (χ0) is 46.4. The minimum Gasteiger partial charge on any atom is -0.463 e. The molecule has 65 heavy (non-hydrogen) atoms. The first kappa shape index (κ1) is 49.0. The highest BCUT2D eigenvalue weighted by molar-refractivity contribution is 5.92. The second kappa shape index (κ2) is 25.3. The maximum absolute atomic E-state index is 14.5. The summed E-state index contributed by atoms with van der Waals surface area (Å²) in [5.74, 6) is -2.08. The molecule has 0 spiro atoms. The van der Waals surface area contributed by atoms with Gasteiger partial charge in [0, 0.05) is 32.1 Å². The van der Waals surface area contributed by atoms with Crippen LogP contribution in [0.25, 0.3) is 0 Å². The van der Waals surface area contributed by atoms with Crippen LogP contribution >= 0.6 is 0 Å². The van der Waals surface area contributed by atoms with E-state index in [0.29, 0.717) is 6.61 Å². The molecule has 4 N–H and O–H groups in total. The standard InChI is InChI=1S/C53H60N4O8/c1-5-64-49(59)33-31-45(30-32-48(58)57-53(42-20-12-7-13-21-42,43-22-14-8-15-23-43)44-24-16-9-17-25-44)54-50(60)47(35-39-26-28-41(29-27-39)36-63-4)55-51(61)46(34-38(2)3)56-52(62)65-37-40-18-10-6-11-19-40/h6-29,31,33,38,45-47H,5,30,32,34-37H2,1-4H3,(H,54,60)(H,55,61)(H,56,62)(H,57,58)/b33-31+/t45-,46-,47-/m0/s1. The number of methoxy groups -OCH3 is 1. The molecular weight excluding hydrogens is 821 g/mol. The molecule has 3 atom stereocenters. The van der Waals surface area contributed by atoms with Crippen molar-refractivity contribution in [1.82, 2.24) is 21.3 Å². The number of carbonyl (C=O) groups is 5. The molecular formula is C53H60N4O8. The highest BCUT2D eigenvalue weighted by atomic mass is 16.5. The molecule has 0 heterocycles.